The van der Waals surface area contributed by atoms with Gasteiger partial charge in [-0.3, -0.25) is 0 Å². The van der Waals surface area contributed by atoms with Gasteiger partial charge in [0.25, 0.3) is 0 Å². The molecule has 0 saturated carbocycles. The second kappa shape index (κ2) is 9.91. The van der Waals surface area contributed by atoms with Gasteiger partial charge in [-0.1, -0.05) is 60.7 Å². The Hall–Kier alpha value is -3.65. The molecule has 38 heavy (non-hydrogen) atoms. The molecule has 4 aromatic rings. The van der Waals surface area contributed by atoms with Gasteiger partial charge in [0.15, 0.2) is 0 Å². The third-order valence-electron chi connectivity index (χ3n) is 7.49. The average molecular weight is 535 g/mol. The number of ether oxygens (including phenoxy) is 1. The van der Waals surface area contributed by atoms with Crippen molar-refractivity contribution < 1.29 is 22.7 Å². The molecule has 1 amide bonds. The fourth-order valence-corrected chi connectivity index (χ4v) is 6.36. The maximum Gasteiger partial charge on any atom is 0.416 e. The predicted molar refractivity (Wildman–Crippen MR) is 141 cm³/mol. The zero-order valence-electron chi connectivity index (χ0n) is 20.4. The van der Waals surface area contributed by atoms with Gasteiger partial charge in [-0.25, -0.2) is 9.78 Å². The molecule has 1 aliphatic carbocycles. The molecule has 194 valence electrons. The second-order valence-electron chi connectivity index (χ2n) is 9.72. The van der Waals surface area contributed by atoms with Crippen molar-refractivity contribution >= 4 is 17.4 Å². The lowest BCUT2D eigenvalue weighted by atomic mass is 9.94. The number of carbonyl (C=O) groups excluding carboxylic acids is 1. The van der Waals surface area contributed by atoms with Gasteiger partial charge in [0.05, 0.1) is 11.3 Å². The molecule has 6 rings (SSSR count). The predicted octanol–water partition coefficient (Wildman–Crippen LogP) is 7.96. The van der Waals surface area contributed by atoms with Crippen LogP contribution in [0.5, 0.6) is 0 Å². The van der Waals surface area contributed by atoms with Gasteiger partial charge in [-0.2, -0.15) is 13.2 Å². The number of likely N-dealkylation sites (tertiary alicyclic amines) is 1. The summed E-state index contributed by atoms with van der Waals surface area (Å²) in [6.07, 6.45) is -3.12. The van der Waals surface area contributed by atoms with Crippen molar-refractivity contribution in [2.45, 2.75) is 30.9 Å². The zero-order valence-corrected chi connectivity index (χ0v) is 21.3. The van der Waals surface area contributed by atoms with Gasteiger partial charge in [0.2, 0.25) is 0 Å². The highest BCUT2D eigenvalue weighted by molar-refractivity contribution is 7.13. The summed E-state index contributed by atoms with van der Waals surface area (Å²) in [4.78, 5) is 19.4. The quantitative estimate of drug-likeness (QED) is 0.267. The largest absolute Gasteiger partial charge is 0.448 e. The SMILES string of the molecule is O=C(OCC1c2ccccc2-c2ccccc21)N1CCC(c2csc(-c3ccc(C(F)(F)F)cc3)n2)CC1. The minimum absolute atomic E-state index is 0.0301. The Morgan fingerprint density at radius 2 is 1.53 bits per heavy atom. The van der Waals surface area contributed by atoms with E-state index in [1.54, 1.807) is 4.90 Å². The normalized spacial score (nSPS) is 15.8. The van der Waals surface area contributed by atoms with E-state index in [1.807, 2.05) is 29.6 Å². The molecule has 2 aliphatic rings. The van der Waals surface area contributed by atoms with Gasteiger partial charge >= 0.3 is 12.3 Å². The molecule has 4 nitrogen and oxygen atoms in total. The maximum atomic E-state index is 12.9. The van der Waals surface area contributed by atoms with Crippen molar-refractivity contribution in [1.29, 1.82) is 0 Å². The molecule has 1 aliphatic heterocycles. The van der Waals surface area contributed by atoms with Crippen LogP contribution in [0.2, 0.25) is 0 Å². The molecule has 2 heterocycles. The number of hydrogen-bond donors (Lipinski definition) is 0. The highest BCUT2D eigenvalue weighted by atomic mass is 32.1. The Bertz CT molecular complexity index is 1410. The topological polar surface area (TPSA) is 42.4 Å². The summed E-state index contributed by atoms with van der Waals surface area (Å²) >= 11 is 1.43. The Balaban J connectivity index is 1.05. The van der Waals surface area contributed by atoms with Crippen LogP contribution in [0, 0.1) is 0 Å². The Morgan fingerprint density at radius 3 is 2.13 bits per heavy atom. The number of alkyl halides is 3. The van der Waals surface area contributed by atoms with E-state index in [0.717, 1.165) is 30.7 Å². The van der Waals surface area contributed by atoms with Crippen LogP contribution in [0.4, 0.5) is 18.0 Å². The molecule has 3 aromatic carbocycles. The molecule has 8 heteroatoms. The lowest BCUT2D eigenvalue weighted by Gasteiger charge is -2.31. The van der Waals surface area contributed by atoms with Crippen LogP contribution in [0.3, 0.4) is 0 Å². The van der Waals surface area contributed by atoms with Gasteiger partial charge in [-0.15, -0.1) is 11.3 Å². The number of rotatable bonds is 4. The van der Waals surface area contributed by atoms with E-state index in [9.17, 15) is 18.0 Å². The van der Waals surface area contributed by atoms with Crippen molar-refractivity contribution in [2.24, 2.45) is 0 Å². The summed E-state index contributed by atoms with van der Waals surface area (Å²) in [7, 11) is 0. The summed E-state index contributed by atoms with van der Waals surface area (Å²) in [5, 5.41) is 2.67. The number of fused-ring (bicyclic) bond motifs is 3. The number of benzene rings is 3. The first-order valence-corrected chi connectivity index (χ1v) is 13.5. The van der Waals surface area contributed by atoms with Crippen molar-refractivity contribution in [3.8, 4) is 21.7 Å². The first-order valence-electron chi connectivity index (χ1n) is 12.6. The standard InChI is InChI=1S/C30H25F3N2O2S/c31-30(32,33)21-11-9-20(10-12-21)28-34-27(18-38-28)19-13-15-35(16-14-19)29(36)37-17-26-24-7-3-1-5-22(24)23-6-2-4-8-25(23)26/h1-12,18-19,26H,13-17H2. The average Bonchev–Trinajstić information content (AvgIpc) is 3.55. The molecule has 0 spiro atoms. The Kier molecular flexibility index (Phi) is 6.43. The number of aromatic nitrogens is 1. The summed E-state index contributed by atoms with van der Waals surface area (Å²) in [5.41, 5.74) is 5.70. The van der Waals surface area contributed by atoms with E-state index in [0.29, 0.717) is 30.3 Å². The highest BCUT2D eigenvalue weighted by Crippen LogP contribution is 2.44. The molecule has 0 bridgehead atoms. The summed E-state index contributed by atoms with van der Waals surface area (Å²) < 4.78 is 44.4. The monoisotopic (exact) mass is 534 g/mol. The van der Waals surface area contributed by atoms with E-state index < -0.39 is 11.7 Å². The lowest BCUT2D eigenvalue weighted by Crippen LogP contribution is -2.38. The second-order valence-corrected chi connectivity index (χ2v) is 10.6. The summed E-state index contributed by atoms with van der Waals surface area (Å²) in [5.74, 6) is 0.231. The van der Waals surface area contributed by atoms with E-state index in [4.69, 9.17) is 9.72 Å². The molecule has 0 unspecified atom stereocenters. The van der Waals surface area contributed by atoms with Crippen LogP contribution < -0.4 is 0 Å². The molecule has 0 radical (unpaired) electrons. The van der Waals surface area contributed by atoms with Crippen LogP contribution in [0.1, 0.15) is 47.1 Å². The Morgan fingerprint density at radius 1 is 0.921 bits per heavy atom. The molecular formula is C30H25F3N2O2S. The minimum atomic E-state index is -4.35. The number of nitrogens with zero attached hydrogens (tertiary/aromatic N) is 2. The first-order chi connectivity index (χ1) is 18.4. The summed E-state index contributed by atoms with van der Waals surface area (Å²) in [6, 6.07) is 21.6. The number of halogens is 3. The number of hydrogen-bond acceptors (Lipinski definition) is 4. The number of amides is 1. The zero-order chi connectivity index (χ0) is 26.3. The van der Waals surface area contributed by atoms with Crippen LogP contribution in [-0.4, -0.2) is 35.7 Å². The molecule has 1 aromatic heterocycles. The lowest BCUT2D eigenvalue weighted by molar-refractivity contribution is -0.137. The van der Waals surface area contributed by atoms with Crippen molar-refractivity contribution in [3.63, 3.8) is 0 Å². The number of carbonyl (C=O) groups is 1. The van der Waals surface area contributed by atoms with Crippen molar-refractivity contribution in [2.75, 3.05) is 19.7 Å². The van der Waals surface area contributed by atoms with E-state index >= 15 is 0 Å². The van der Waals surface area contributed by atoms with Crippen LogP contribution in [0.15, 0.2) is 78.2 Å². The molecule has 0 N–H and O–H groups in total. The third-order valence-corrected chi connectivity index (χ3v) is 8.40. The van der Waals surface area contributed by atoms with Crippen molar-refractivity contribution in [3.05, 3.63) is 101 Å². The smallest absolute Gasteiger partial charge is 0.416 e. The molecular weight excluding hydrogens is 509 g/mol. The Labute approximate surface area is 222 Å². The number of piperidine rings is 1. The minimum Gasteiger partial charge on any atom is -0.448 e. The summed E-state index contributed by atoms with van der Waals surface area (Å²) in [6.45, 7) is 1.46. The van der Waals surface area contributed by atoms with E-state index in [2.05, 4.69) is 24.3 Å². The van der Waals surface area contributed by atoms with Gasteiger partial charge < -0.3 is 9.64 Å². The highest BCUT2D eigenvalue weighted by Gasteiger charge is 2.32. The maximum absolute atomic E-state index is 12.9. The molecule has 0 atom stereocenters. The van der Waals surface area contributed by atoms with Gasteiger partial charge in [0, 0.05) is 35.9 Å². The van der Waals surface area contributed by atoms with Crippen LogP contribution in [-0.2, 0) is 10.9 Å². The van der Waals surface area contributed by atoms with Gasteiger partial charge in [-0.05, 0) is 47.2 Å². The molecule has 1 fully saturated rings. The van der Waals surface area contributed by atoms with Crippen LogP contribution in [0.25, 0.3) is 21.7 Å². The van der Waals surface area contributed by atoms with Crippen LogP contribution >= 0.6 is 11.3 Å². The van der Waals surface area contributed by atoms with Crippen molar-refractivity contribution in [1.82, 2.24) is 9.88 Å². The fourth-order valence-electron chi connectivity index (χ4n) is 5.45. The van der Waals surface area contributed by atoms with E-state index in [-0.39, 0.29) is 17.9 Å². The third kappa shape index (κ3) is 4.69. The van der Waals surface area contributed by atoms with E-state index in [1.165, 1.54) is 45.7 Å². The number of thiazole rings is 1. The fraction of sp³-hybridized carbons (Fsp3) is 0.267. The van der Waals surface area contributed by atoms with Gasteiger partial charge in [0.1, 0.15) is 11.6 Å². The molecule has 1 saturated heterocycles. The first kappa shape index (κ1) is 24.7.